The molecule has 0 unspecified atom stereocenters. The highest BCUT2D eigenvalue weighted by molar-refractivity contribution is 5.94. The largest absolute Gasteiger partial charge is 0.327 e. The van der Waals surface area contributed by atoms with Gasteiger partial charge in [0.1, 0.15) is 12.2 Å². The highest BCUT2D eigenvalue weighted by Crippen LogP contribution is 2.22. The van der Waals surface area contributed by atoms with E-state index in [1.165, 1.54) is 0 Å². The average Bonchev–Trinajstić information content (AvgIpc) is 2.84. The molecule has 1 amide bonds. The van der Waals surface area contributed by atoms with Gasteiger partial charge in [0.15, 0.2) is 0 Å². The number of carbonyl (C=O) groups excluding carboxylic acids is 1. The predicted molar refractivity (Wildman–Crippen MR) is 74.7 cm³/mol. The predicted octanol–water partition coefficient (Wildman–Crippen LogP) is 0.859. The van der Waals surface area contributed by atoms with Crippen molar-refractivity contribution >= 4 is 11.6 Å². The molecule has 6 heteroatoms. The highest BCUT2D eigenvalue weighted by atomic mass is 16.2. The van der Waals surface area contributed by atoms with Crippen LogP contribution < -0.4 is 10.5 Å². The van der Waals surface area contributed by atoms with Crippen molar-refractivity contribution in [3.63, 3.8) is 0 Å². The van der Waals surface area contributed by atoms with E-state index in [4.69, 9.17) is 0 Å². The second-order valence-corrected chi connectivity index (χ2v) is 5.04. The Kier molecular flexibility index (Phi) is 3.14. The summed E-state index contributed by atoms with van der Waals surface area (Å²) in [7, 11) is 0. The summed E-state index contributed by atoms with van der Waals surface area (Å²) in [6.45, 7) is 2.66. The molecule has 3 heterocycles. The fourth-order valence-electron chi connectivity index (χ4n) is 2.57. The summed E-state index contributed by atoms with van der Waals surface area (Å²) in [5.41, 5.74) is 2.24. The van der Waals surface area contributed by atoms with Gasteiger partial charge in [-0.3, -0.25) is 14.3 Å². The maximum atomic E-state index is 12.4. The van der Waals surface area contributed by atoms with E-state index in [0.717, 1.165) is 24.0 Å². The third kappa shape index (κ3) is 2.24. The number of aromatic nitrogens is 3. The van der Waals surface area contributed by atoms with E-state index in [9.17, 15) is 9.59 Å². The minimum atomic E-state index is -0.202. The van der Waals surface area contributed by atoms with E-state index >= 15 is 0 Å². The third-order valence-corrected chi connectivity index (χ3v) is 3.48. The molecule has 2 aromatic heterocycles. The summed E-state index contributed by atoms with van der Waals surface area (Å²) in [4.78, 5) is 28.6. The SMILES string of the molecule is Cc1cnn(CC(=O)N2CCCc3cc[nH]c(=O)c32)c1. The van der Waals surface area contributed by atoms with Gasteiger partial charge in [0, 0.05) is 18.9 Å². The molecule has 6 nitrogen and oxygen atoms in total. The molecule has 1 aliphatic heterocycles. The van der Waals surface area contributed by atoms with E-state index in [0.29, 0.717) is 12.2 Å². The van der Waals surface area contributed by atoms with Crippen LogP contribution in [0.5, 0.6) is 0 Å². The molecule has 0 aliphatic carbocycles. The van der Waals surface area contributed by atoms with E-state index in [-0.39, 0.29) is 18.0 Å². The van der Waals surface area contributed by atoms with Gasteiger partial charge in [0.2, 0.25) is 5.91 Å². The zero-order chi connectivity index (χ0) is 14.1. The van der Waals surface area contributed by atoms with Gasteiger partial charge in [-0.05, 0) is 37.0 Å². The molecule has 0 fully saturated rings. The van der Waals surface area contributed by atoms with Crippen LogP contribution in [0.25, 0.3) is 0 Å². The minimum Gasteiger partial charge on any atom is -0.327 e. The Hall–Kier alpha value is -2.37. The first-order valence-electron chi connectivity index (χ1n) is 6.65. The summed E-state index contributed by atoms with van der Waals surface area (Å²) in [5.74, 6) is -0.106. The number of rotatable bonds is 2. The van der Waals surface area contributed by atoms with Crippen LogP contribution in [0.15, 0.2) is 29.5 Å². The molecular weight excluding hydrogens is 256 g/mol. The maximum absolute atomic E-state index is 12.4. The number of fused-ring (bicyclic) bond motifs is 1. The van der Waals surface area contributed by atoms with Crippen LogP contribution in [-0.4, -0.2) is 27.2 Å². The van der Waals surface area contributed by atoms with Crippen LogP contribution >= 0.6 is 0 Å². The number of H-pyrrole nitrogens is 1. The molecule has 2 aromatic rings. The second kappa shape index (κ2) is 4.96. The monoisotopic (exact) mass is 272 g/mol. The molecule has 0 aromatic carbocycles. The number of aryl methyl sites for hydroxylation is 2. The molecule has 1 aliphatic rings. The molecule has 0 saturated carbocycles. The first-order valence-corrected chi connectivity index (χ1v) is 6.65. The molecule has 0 saturated heterocycles. The summed E-state index contributed by atoms with van der Waals surface area (Å²) in [5, 5.41) is 4.11. The lowest BCUT2D eigenvalue weighted by Gasteiger charge is -2.28. The first-order chi connectivity index (χ1) is 9.65. The second-order valence-electron chi connectivity index (χ2n) is 5.04. The Balaban J connectivity index is 1.89. The lowest BCUT2D eigenvalue weighted by atomic mass is 10.0. The van der Waals surface area contributed by atoms with E-state index in [1.54, 1.807) is 22.0 Å². The van der Waals surface area contributed by atoms with Crippen LogP contribution in [-0.2, 0) is 17.8 Å². The van der Waals surface area contributed by atoms with Crippen molar-refractivity contribution in [3.8, 4) is 0 Å². The van der Waals surface area contributed by atoms with Gasteiger partial charge < -0.3 is 9.88 Å². The summed E-state index contributed by atoms with van der Waals surface area (Å²) >= 11 is 0. The number of nitrogens with zero attached hydrogens (tertiary/aromatic N) is 3. The zero-order valence-corrected chi connectivity index (χ0v) is 11.3. The van der Waals surface area contributed by atoms with Gasteiger partial charge >= 0.3 is 0 Å². The Morgan fingerprint density at radius 1 is 1.50 bits per heavy atom. The Morgan fingerprint density at radius 2 is 2.35 bits per heavy atom. The van der Waals surface area contributed by atoms with Crippen LogP contribution in [0, 0.1) is 6.92 Å². The number of nitrogens with one attached hydrogen (secondary N) is 1. The first kappa shape index (κ1) is 12.7. The summed E-state index contributed by atoms with van der Waals surface area (Å²) in [6.07, 6.45) is 6.87. The molecule has 104 valence electrons. The Bertz CT molecular complexity index is 701. The topological polar surface area (TPSA) is 71.0 Å². The number of hydrogen-bond donors (Lipinski definition) is 1. The average molecular weight is 272 g/mol. The van der Waals surface area contributed by atoms with Gasteiger partial charge in [0.05, 0.1) is 6.20 Å². The van der Waals surface area contributed by atoms with Gasteiger partial charge in [-0.25, -0.2) is 0 Å². The van der Waals surface area contributed by atoms with Gasteiger partial charge in [-0.2, -0.15) is 5.10 Å². The Labute approximate surface area is 116 Å². The van der Waals surface area contributed by atoms with Crippen molar-refractivity contribution in [2.24, 2.45) is 0 Å². The van der Waals surface area contributed by atoms with Crippen molar-refractivity contribution in [1.29, 1.82) is 0 Å². The van der Waals surface area contributed by atoms with Crippen molar-refractivity contribution in [3.05, 3.63) is 46.1 Å². The number of aromatic amines is 1. The zero-order valence-electron chi connectivity index (χ0n) is 11.3. The number of hydrogen-bond acceptors (Lipinski definition) is 3. The fourth-order valence-corrected chi connectivity index (χ4v) is 2.57. The van der Waals surface area contributed by atoms with E-state index in [2.05, 4.69) is 10.1 Å². The van der Waals surface area contributed by atoms with Crippen molar-refractivity contribution in [2.45, 2.75) is 26.3 Å². The minimum absolute atomic E-state index is 0.106. The number of carbonyl (C=O) groups is 1. The Morgan fingerprint density at radius 3 is 3.10 bits per heavy atom. The molecule has 20 heavy (non-hydrogen) atoms. The molecule has 0 spiro atoms. The molecule has 0 bridgehead atoms. The molecule has 1 N–H and O–H groups in total. The lowest BCUT2D eigenvalue weighted by molar-refractivity contribution is -0.119. The van der Waals surface area contributed by atoms with Crippen LogP contribution in [0.4, 0.5) is 5.69 Å². The normalized spacial score (nSPS) is 14.2. The molecule has 0 atom stereocenters. The number of amides is 1. The fraction of sp³-hybridized carbons (Fsp3) is 0.357. The van der Waals surface area contributed by atoms with Crippen LogP contribution in [0.2, 0.25) is 0 Å². The van der Waals surface area contributed by atoms with Crippen molar-refractivity contribution in [1.82, 2.24) is 14.8 Å². The number of pyridine rings is 1. The summed E-state index contributed by atoms with van der Waals surface area (Å²) < 4.78 is 1.60. The number of anilines is 1. The van der Waals surface area contributed by atoms with E-state index < -0.39 is 0 Å². The smallest absolute Gasteiger partial charge is 0.272 e. The van der Waals surface area contributed by atoms with Gasteiger partial charge in [0.25, 0.3) is 5.56 Å². The standard InChI is InChI=1S/C14H16N4O2/c1-10-7-16-17(8-10)9-12(19)18-6-2-3-11-4-5-15-14(20)13(11)18/h4-5,7-8H,2-3,6,9H2,1H3,(H,15,20). The molecule has 0 radical (unpaired) electrons. The highest BCUT2D eigenvalue weighted by Gasteiger charge is 2.25. The van der Waals surface area contributed by atoms with Crippen molar-refractivity contribution in [2.75, 3.05) is 11.4 Å². The van der Waals surface area contributed by atoms with Crippen LogP contribution in [0.1, 0.15) is 17.5 Å². The van der Waals surface area contributed by atoms with Gasteiger partial charge in [-0.15, -0.1) is 0 Å². The third-order valence-electron chi connectivity index (χ3n) is 3.48. The van der Waals surface area contributed by atoms with Gasteiger partial charge in [-0.1, -0.05) is 0 Å². The molecular formula is C14H16N4O2. The molecule has 3 rings (SSSR count). The lowest BCUT2D eigenvalue weighted by Crippen LogP contribution is -2.41. The van der Waals surface area contributed by atoms with Crippen molar-refractivity contribution < 1.29 is 4.79 Å². The maximum Gasteiger partial charge on any atom is 0.272 e. The summed E-state index contributed by atoms with van der Waals surface area (Å²) in [6, 6.07) is 1.87. The van der Waals surface area contributed by atoms with E-state index in [1.807, 2.05) is 19.2 Å². The van der Waals surface area contributed by atoms with Crippen LogP contribution in [0.3, 0.4) is 0 Å². The quantitative estimate of drug-likeness (QED) is 0.881.